The first-order valence-corrected chi connectivity index (χ1v) is 3.58. The van der Waals surface area contributed by atoms with E-state index >= 15 is 0 Å². The summed E-state index contributed by atoms with van der Waals surface area (Å²) in [5, 5.41) is 18.8. The third-order valence-corrected chi connectivity index (χ3v) is 1.86. The molecule has 0 N–H and O–H groups in total. The second-order valence-electron chi connectivity index (χ2n) is 2.16. The van der Waals surface area contributed by atoms with E-state index in [1.54, 1.807) is 6.07 Å². The van der Waals surface area contributed by atoms with E-state index in [9.17, 15) is 14.5 Å². The number of rotatable bonds is 1. The summed E-state index contributed by atoms with van der Waals surface area (Å²) in [5.74, 6) is -0.992. The van der Waals surface area contributed by atoms with Gasteiger partial charge in [-0.05, 0) is 12.1 Å². The van der Waals surface area contributed by atoms with Gasteiger partial charge >= 0.3 is 5.69 Å². The third-order valence-electron chi connectivity index (χ3n) is 1.40. The lowest BCUT2D eigenvalue weighted by Gasteiger charge is -1.98. The maximum Gasteiger partial charge on any atom is 0.319 e. The number of hydrogen-bond acceptors (Lipinski definition) is 4. The Morgan fingerprint density at radius 2 is 2.23 bits per heavy atom. The van der Waals surface area contributed by atoms with Gasteiger partial charge in [-0.15, -0.1) is 12.6 Å². The van der Waals surface area contributed by atoms with Crippen molar-refractivity contribution in [2.75, 3.05) is 0 Å². The number of nitro benzene ring substituents is 1. The topological polar surface area (TPSA) is 66.9 Å². The van der Waals surface area contributed by atoms with Crippen LogP contribution in [0.1, 0.15) is 5.56 Å². The molecular formula is C7H3FN2O2S. The van der Waals surface area contributed by atoms with E-state index in [-0.39, 0.29) is 10.5 Å². The van der Waals surface area contributed by atoms with Crippen LogP contribution in [0.2, 0.25) is 0 Å². The monoisotopic (exact) mass is 198 g/mol. The molecule has 4 nitrogen and oxygen atoms in total. The highest BCUT2D eigenvalue weighted by Crippen LogP contribution is 2.28. The van der Waals surface area contributed by atoms with Crippen molar-refractivity contribution in [3.05, 3.63) is 33.6 Å². The average Bonchev–Trinajstić information content (AvgIpc) is 2.04. The van der Waals surface area contributed by atoms with Crippen LogP contribution in [0, 0.1) is 27.3 Å². The molecule has 0 fully saturated rings. The molecule has 1 rings (SSSR count). The number of hydrogen-bond donors (Lipinski definition) is 1. The summed E-state index contributed by atoms with van der Waals surface area (Å²) < 4.78 is 12.8. The van der Waals surface area contributed by atoms with Crippen LogP contribution in [0.5, 0.6) is 0 Å². The third kappa shape index (κ3) is 1.60. The van der Waals surface area contributed by atoms with E-state index in [1.165, 1.54) is 0 Å². The van der Waals surface area contributed by atoms with E-state index < -0.39 is 16.4 Å². The summed E-state index contributed by atoms with van der Waals surface area (Å²) >= 11 is 3.70. The van der Waals surface area contributed by atoms with Crippen LogP contribution in [-0.2, 0) is 0 Å². The number of nitrogens with zero attached hydrogens (tertiary/aromatic N) is 2. The fourth-order valence-electron chi connectivity index (χ4n) is 0.819. The van der Waals surface area contributed by atoms with Crippen LogP contribution >= 0.6 is 12.6 Å². The Kier molecular flexibility index (Phi) is 2.49. The average molecular weight is 198 g/mol. The van der Waals surface area contributed by atoms with Gasteiger partial charge in [-0.2, -0.15) is 9.65 Å². The molecule has 0 aliphatic heterocycles. The molecule has 0 aliphatic carbocycles. The first-order valence-electron chi connectivity index (χ1n) is 3.14. The van der Waals surface area contributed by atoms with Gasteiger partial charge in [-0.1, -0.05) is 0 Å². The molecule has 0 saturated carbocycles. The van der Waals surface area contributed by atoms with Gasteiger partial charge in [0.25, 0.3) is 0 Å². The predicted octanol–water partition coefficient (Wildman–Crippen LogP) is 1.89. The van der Waals surface area contributed by atoms with Crippen molar-refractivity contribution in [3.63, 3.8) is 0 Å². The van der Waals surface area contributed by atoms with E-state index in [1.807, 2.05) is 0 Å². The van der Waals surface area contributed by atoms with Crippen molar-refractivity contribution >= 4 is 18.3 Å². The quantitative estimate of drug-likeness (QED) is 0.425. The highest BCUT2D eigenvalue weighted by Gasteiger charge is 2.20. The van der Waals surface area contributed by atoms with Crippen molar-refractivity contribution < 1.29 is 9.31 Å². The van der Waals surface area contributed by atoms with Gasteiger partial charge in [-0.3, -0.25) is 10.1 Å². The molecule has 1 aromatic rings. The minimum Gasteiger partial charge on any atom is -0.258 e. The Hall–Kier alpha value is -1.61. The molecule has 6 heteroatoms. The van der Waals surface area contributed by atoms with Gasteiger partial charge in [0.2, 0.25) is 5.82 Å². The molecule has 66 valence electrons. The first-order chi connectivity index (χ1) is 6.07. The smallest absolute Gasteiger partial charge is 0.258 e. The SMILES string of the molecule is N#Cc1ccc(F)c([N+](=O)[O-])c1S. The summed E-state index contributed by atoms with van der Waals surface area (Å²) in [4.78, 5) is 9.17. The van der Waals surface area contributed by atoms with Gasteiger partial charge in [0.05, 0.1) is 10.5 Å². The van der Waals surface area contributed by atoms with E-state index in [0.717, 1.165) is 12.1 Å². The summed E-state index contributed by atoms with van der Waals surface area (Å²) in [6.07, 6.45) is 0. The van der Waals surface area contributed by atoms with Crippen molar-refractivity contribution in [1.29, 1.82) is 5.26 Å². The highest BCUT2D eigenvalue weighted by atomic mass is 32.1. The zero-order chi connectivity index (χ0) is 10.0. The zero-order valence-electron chi connectivity index (χ0n) is 6.19. The van der Waals surface area contributed by atoms with Crippen molar-refractivity contribution in [3.8, 4) is 6.07 Å². The fraction of sp³-hybridized carbons (Fsp3) is 0. The minimum atomic E-state index is -0.992. The second-order valence-corrected chi connectivity index (χ2v) is 2.61. The molecule has 1 aromatic carbocycles. The number of nitriles is 1. The molecule has 0 bridgehead atoms. The Bertz CT molecular complexity index is 414. The summed E-state index contributed by atoms with van der Waals surface area (Å²) in [7, 11) is 0. The Labute approximate surface area is 78.2 Å². The van der Waals surface area contributed by atoms with Gasteiger partial charge in [0.1, 0.15) is 11.0 Å². The van der Waals surface area contributed by atoms with Gasteiger partial charge in [0, 0.05) is 0 Å². The normalized spacial score (nSPS) is 9.31. The number of thiol groups is 1. The predicted molar refractivity (Wildman–Crippen MR) is 45.0 cm³/mol. The minimum absolute atomic E-state index is 0.0172. The molecule has 0 atom stereocenters. The van der Waals surface area contributed by atoms with Crippen LogP contribution in [-0.4, -0.2) is 4.92 Å². The van der Waals surface area contributed by atoms with Crippen molar-refractivity contribution in [1.82, 2.24) is 0 Å². The lowest BCUT2D eigenvalue weighted by atomic mass is 10.2. The Morgan fingerprint density at radius 1 is 1.62 bits per heavy atom. The molecule has 0 spiro atoms. The van der Waals surface area contributed by atoms with E-state index in [2.05, 4.69) is 12.6 Å². The van der Waals surface area contributed by atoms with E-state index in [4.69, 9.17) is 5.26 Å². The first kappa shape index (κ1) is 9.48. The number of halogens is 1. The lowest BCUT2D eigenvalue weighted by Crippen LogP contribution is -1.95. The molecule has 0 heterocycles. The molecule has 0 aliphatic rings. The van der Waals surface area contributed by atoms with Crippen LogP contribution in [0.15, 0.2) is 17.0 Å². The highest BCUT2D eigenvalue weighted by molar-refractivity contribution is 7.80. The Morgan fingerprint density at radius 3 is 2.69 bits per heavy atom. The molecule has 0 saturated heterocycles. The van der Waals surface area contributed by atoms with Gasteiger partial charge < -0.3 is 0 Å². The Balaban J connectivity index is 3.50. The van der Waals surface area contributed by atoms with Crippen LogP contribution < -0.4 is 0 Å². The van der Waals surface area contributed by atoms with Crippen LogP contribution in [0.3, 0.4) is 0 Å². The number of nitro groups is 1. The van der Waals surface area contributed by atoms with Crippen molar-refractivity contribution in [2.24, 2.45) is 0 Å². The molecular weight excluding hydrogens is 195 g/mol. The molecule has 0 amide bonds. The van der Waals surface area contributed by atoms with Gasteiger partial charge in [0.15, 0.2) is 0 Å². The molecule has 0 radical (unpaired) electrons. The van der Waals surface area contributed by atoms with Crippen LogP contribution in [0.4, 0.5) is 10.1 Å². The maximum absolute atomic E-state index is 12.8. The summed E-state index contributed by atoms with van der Waals surface area (Å²) in [6.45, 7) is 0. The number of benzene rings is 1. The zero-order valence-corrected chi connectivity index (χ0v) is 7.09. The molecule has 13 heavy (non-hydrogen) atoms. The standard InChI is InChI=1S/C7H3FN2O2S/c8-5-2-1-4(3-9)7(13)6(5)10(11)12/h1-2,13H. The van der Waals surface area contributed by atoms with Crippen molar-refractivity contribution in [2.45, 2.75) is 4.90 Å². The lowest BCUT2D eigenvalue weighted by molar-refractivity contribution is -0.390. The molecule has 0 aromatic heterocycles. The second kappa shape index (κ2) is 3.41. The van der Waals surface area contributed by atoms with E-state index in [0.29, 0.717) is 0 Å². The summed E-state index contributed by atoms with van der Waals surface area (Å²) in [5.41, 5.74) is -0.779. The maximum atomic E-state index is 12.8. The summed E-state index contributed by atoms with van der Waals surface area (Å²) in [6, 6.07) is 3.69. The largest absolute Gasteiger partial charge is 0.319 e. The van der Waals surface area contributed by atoms with Crippen LogP contribution in [0.25, 0.3) is 0 Å². The van der Waals surface area contributed by atoms with Gasteiger partial charge in [-0.25, -0.2) is 0 Å². The fourth-order valence-corrected chi connectivity index (χ4v) is 1.13. The molecule has 0 unspecified atom stereocenters.